The molecule has 0 spiro atoms. The lowest BCUT2D eigenvalue weighted by Crippen LogP contribution is -2.47. The smallest absolute Gasteiger partial charge is 0.414 e. The fourth-order valence-corrected chi connectivity index (χ4v) is 3.68. The van der Waals surface area contributed by atoms with Crippen molar-refractivity contribution in [3.8, 4) is 0 Å². The Kier molecular flexibility index (Phi) is 5.78. The quantitative estimate of drug-likeness (QED) is 0.640. The molecule has 1 amide bonds. The first-order valence-corrected chi connectivity index (χ1v) is 10.4. The lowest BCUT2D eigenvalue weighted by atomic mass is 10.0. The molecule has 1 aromatic rings. The van der Waals surface area contributed by atoms with Crippen molar-refractivity contribution in [3.63, 3.8) is 0 Å². The number of rotatable bonds is 6. The summed E-state index contributed by atoms with van der Waals surface area (Å²) in [7, 11) is -3.77. The first-order chi connectivity index (χ1) is 11.6. The second-order valence-corrected chi connectivity index (χ2v) is 9.38. The van der Waals surface area contributed by atoms with Crippen LogP contribution in [0.25, 0.3) is 0 Å². The third kappa shape index (κ3) is 4.14. The molecule has 0 saturated carbocycles. The molecule has 0 radical (unpaired) electrons. The second-order valence-electron chi connectivity index (χ2n) is 6.02. The lowest BCUT2D eigenvalue weighted by Gasteiger charge is -2.27. The van der Waals surface area contributed by atoms with Crippen molar-refractivity contribution in [2.75, 3.05) is 24.3 Å². The second kappa shape index (κ2) is 7.33. The average Bonchev–Trinajstić information content (AvgIpc) is 2.87. The third-order valence-electron chi connectivity index (χ3n) is 4.16. The first kappa shape index (κ1) is 19.7. The Morgan fingerprint density at radius 3 is 2.52 bits per heavy atom. The van der Waals surface area contributed by atoms with E-state index in [2.05, 4.69) is 15.9 Å². The fourth-order valence-electron chi connectivity index (χ4n) is 2.56. The summed E-state index contributed by atoms with van der Waals surface area (Å²) >= 11 is 3.32. The van der Waals surface area contributed by atoms with Crippen molar-refractivity contribution < 1.29 is 27.5 Å². The number of esters is 1. The topological polar surface area (TPSA) is 90.0 Å². The van der Waals surface area contributed by atoms with E-state index in [1.165, 1.54) is 11.8 Å². The number of hydrogen-bond donors (Lipinski definition) is 0. The molecule has 1 saturated heterocycles. The van der Waals surface area contributed by atoms with E-state index in [1.807, 2.05) is 0 Å². The van der Waals surface area contributed by atoms with Gasteiger partial charge in [0, 0.05) is 22.8 Å². The number of anilines is 1. The Bertz CT molecular complexity index is 763. The van der Waals surface area contributed by atoms with E-state index in [-0.39, 0.29) is 19.6 Å². The van der Waals surface area contributed by atoms with Crippen LogP contribution in [0.3, 0.4) is 0 Å². The average molecular weight is 434 g/mol. The number of amides is 1. The lowest BCUT2D eigenvalue weighted by molar-refractivity contribution is -0.146. The minimum atomic E-state index is -3.77. The standard InChI is InChI=1S/C16H20BrNO6S/c1-4-23-14(19)16(2,25(3,21)22)9-13-10-18(15(20)24-13)12-7-5-11(17)6-8-12/h5-8,13H,4,9-10H2,1-3H3/t13?,16-/m1/s1. The number of carbonyl (C=O) groups excluding carboxylic acids is 2. The van der Waals surface area contributed by atoms with E-state index >= 15 is 0 Å². The van der Waals surface area contributed by atoms with Crippen LogP contribution >= 0.6 is 15.9 Å². The maximum Gasteiger partial charge on any atom is 0.414 e. The van der Waals surface area contributed by atoms with Crippen LogP contribution in [-0.2, 0) is 24.1 Å². The molecule has 1 fully saturated rings. The van der Waals surface area contributed by atoms with Crippen molar-refractivity contribution in [2.45, 2.75) is 31.1 Å². The number of hydrogen-bond acceptors (Lipinski definition) is 6. The predicted molar refractivity (Wildman–Crippen MR) is 96.3 cm³/mol. The highest BCUT2D eigenvalue weighted by Crippen LogP contribution is 2.31. The molecule has 138 valence electrons. The molecule has 9 heteroatoms. The van der Waals surface area contributed by atoms with Crippen molar-refractivity contribution in [1.82, 2.24) is 0 Å². The number of cyclic esters (lactones) is 1. The monoisotopic (exact) mass is 433 g/mol. The molecule has 7 nitrogen and oxygen atoms in total. The molecule has 2 rings (SSSR count). The van der Waals surface area contributed by atoms with Gasteiger partial charge < -0.3 is 9.47 Å². The summed E-state index contributed by atoms with van der Waals surface area (Å²) in [6.07, 6.45) is -0.497. The summed E-state index contributed by atoms with van der Waals surface area (Å²) < 4.78 is 33.6. The maximum absolute atomic E-state index is 12.2. The minimum Gasteiger partial charge on any atom is -0.465 e. The van der Waals surface area contributed by atoms with E-state index in [9.17, 15) is 18.0 Å². The highest BCUT2D eigenvalue weighted by Gasteiger charge is 2.49. The van der Waals surface area contributed by atoms with Gasteiger partial charge in [-0.1, -0.05) is 15.9 Å². The Labute approximate surface area is 155 Å². The van der Waals surface area contributed by atoms with E-state index in [0.29, 0.717) is 5.69 Å². The molecular formula is C16H20BrNO6S. The number of benzene rings is 1. The molecule has 1 unspecified atom stereocenters. The Balaban J connectivity index is 2.20. The summed E-state index contributed by atoms with van der Waals surface area (Å²) in [5, 5.41) is 0. The van der Waals surface area contributed by atoms with Crippen LogP contribution in [0.2, 0.25) is 0 Å². The van der Waals surface area contributed by atoms with Crippen molar-refractivity contribution in [1.29, 1.82) is 0 Å². The van der Waals surface area contributed by atoms with E-state index in [1.54, 1.807) is 31.2 Å². The van der Waals surface area contributed by atoms with Gasteiger partial charge in [-0.3, -0.25) is 9.69 Å². The van der Waals surface area contributed by atoms with Crippen molar-refractivity contribution in [2.24, 2.45) is 0 Å². The van der Waals surface area contributed by atoms with Gasteiger partial charge >= 0.3 is 12.1 Å². The molecule has 0 aliphatic carbocycles. The van der Waals surface area contributed by atoms with Gasteiger partial charge in [0.1, 0.15) is 6.10 Å². The summed E-state index contributed by atoms with van der Waals surface area (Å²) in [5.74, 6) is -0.837. The predicted octanol–water partition coefficient (Wildman–Crippen LogP) is 2.53. The SMILES string of the molecule is CCOC(=O)[C@@](C)(CC1CN(c2ccc(Br)cc2)C(=O)O1)S(C)(=O)=O. The fraction of sp³-hybridized carbons (Fsp3) is 0.500. The maximum atomic E-state index is 12.2. The molecule has 25 heavy (non-hydrogen) atoms. The molecule has 1 heterocycles. The van der Waals surface area contributed by atoms with Crippen molar-refractivity contribution >= 4 is 43.5 Å². The zero-order chi connectivity index (χ0) is 18.8. The molecule has 0 aromatic heterocycles. The van der Waals surface area contributed by atoms with Gasteiger partial charge in [-0.25, -0.2) is 13.2 Å². The van der Waals surface area contributed by atoms with Crippen LogP contribution in [0.1, 0.15) is 20.3 Å². The normalized spacial score (nSPS) is 20.1. The Morgan fingerprint density at radius 1 is 1.40 bits per heavy atom. The zero-order valence-corrected chi connectivity index (χ0v) is 16.6. The summed E-state index contributed by atoms with van der Waals surface area (Å²) in [6.45, 7) is 3.13. The van der Waals surface area contributed by atoms with Gasteiger partial charge in [0.05, 0.1) is 13.2 Å². The number of ether oxygens (including phenoxy) is 2. The van der Waals surface area contributed by atoms with Gasteiger partial charge in [0.25, 0.3) is 0 Å². The van der Waals surface area contributed by atoms with Crippen LogP contribution in [0, 0.1) is 0 Å². The van der Waals surface area contributed by atoms with Gasteiger partial charge in [0.15, 0.2) is 14.6 Å². The van der Waals surface area contributed by atoms with Crippen LogP contribution in [0.4, 0.5) is 10.5 Å². The Morgan fingerprint density at radius 2 is 2.00 bits per heavy atom. The van der Waals surface area contributed by atoms with Crippen LogP contribution in [0.15, 0.2) is 28.7 Å². The number of sulfone groups is 1. The minimum absolute atomic E-state index is 0.0689. The number of nitrogens with zero attached hydrogens (tertiary/aromatic N) is 1. The summed E-state index contributed by atoms with van der Waals surface area (Å²) in [6, 6.07) is 7.06. The van der Waals surface area contributed by atoms with Crippen LogP contribution in [-0.4, -0.2) is 50.7 Å². The molecule has 2 atom stereocenters. The van der Waals surface area contributed by atoms with E-state index in [0.717, 1.165) is 10.7 Å². The van der Waals surface area contributed by atoms with Crippen LogP contribution < -0.4 is 4.90 Å². The first-order valence-electron chi connectivity index (χ1n) is 7.69. The number of carbonyl (C=O) groups is 2. The van der Waals surface area contributed by atoms with Crippen molar-refractivity contribution in [3.05, 3.63) is 28.7 Å². The van der Waals surface area contributed by atoms with E-state index < -0.39 is 32.8 Å². The molecular weight excluding hydrogens is 414 g/mol. The van der Waals surface area contributed by atoms with Gasteiger partial charge in [0.2, 0.25) is 0 Å². The van der Waals surface area contributed by atoms with Gasteiger partial charge in [-0.2, -0.15) is 0 Å². The highest BCUT2D eigenvalue weighted by atomic mass is 79.9. The molecule has 1 aliphatic heterocycles. The third-order valence-corrected chi connectivity index (χ3v) is 6.65. The molecule has 1 aliphatic rings. The van der Waals surface area contributed by atoms with Gasteiger partial charge in [-0.15, -0.1) is 0 Å². The zero-order valence-electron chi connectivity index (χ0n) is 14.2. The molecule has 1 aromatic carbocycles. The molecule has 0 bridgehead atoms. The Hall–Kier alpha value is -1.61. The largest absolute Gasteiger partial charge is 0.465 e. The number of halogens is 1. The summed E-state index contributed by atoms with van der Waals surface area (Å²) in [4.78, 5) is 25.7. The summed E-state index contributed by atoms with van der Waals surface area (Å²) in [5.41, 5.74) is 0.632. The van der Waals surface area contributed by atoms with Crippen LogP contribution in [0.5, 0.6) is 0 Å². The van der Waals surface area contributed by atoms with E-state index in [4.69, 9.17) is 9.47 Å². The highest BCUT2D eigenvalue weighted by molar-refractivity contribution is 9.10. The molecule has 0 N–H and O–H groups in total. The van der Waals surface area contributed by atoms with Gasteiger partial charge in [-0.05, 0) is 38.1 Å².